The van der Waals surface area contributed by atoms with E-state index in [1.165, 1.54) is 11.8 Å². The summed E-state index contributed by atoms with van der Waals surface area (Å²) in [4.78, 5) is 10.7. The van der Waals surface area contributed by atoms with Crippen LogP contribution in [-0.2, 0) is 4.79 Å². The van der Waals surface area contributed by atoms with Crippen LogP contribution in [0.1, 0.15) is 17.0 Å². The number of rotatable bonds is 4. The second-order valence-corrected chi connectivity index (χ2v) is 5.23. The lowest BCUT2D eigenvalue weighted by atomic mass is 10.1. The summed E-state index contributed by atoms with van der Waals surface area (Å²) in [5.41, 5.74) is 3.25. The molecule has 19 heavy (non-hydrogen) atoms. The quantitative estimate of drug-likeness (QED) is 0.869. The van der Waals surface area contributed by atoms with Gasteiger partial charge in [0.2, 0.25) is 0 Å². The molecule has 1 aromatic heterocycles. The van der Waals surface area contributed by atoms with Crippen molar-refractivity contribution in [3.63, 3.8) is 0 Å². The van der Waals surface area contributed by atoms with Crippen LogP contribution in [0, 0.1) is 20.8 Å². The van der Waals surface area contributed by atoms with Crippen molar-refractivity contribution in [2.45, 2.75) is 25.9 Å². The van der Waals surface area contributed by atoms with Gasteiger partial charge < -0.3 is 5.11 Å². The summed E-state index contributed by atoms with van der Waals surface area (Å²) in [5, 5.41) is 17.5. The lowest BCUT2D eigenvalue weighted by Crippen LogP contribution is -2.06. The molecule has 5 nitrogen and oxygen atoms in total. The Hall–Kier alpha value is -1.82. The zero-order valence-electron chi connectivity index (χ0n) is 11.0. The lowest BCUT2D eigenvalue weighted by molar-refractivity contribution is -0.133. The monoisotopic (exact) mass is 277 g/mol. The summed E-state index contributed by atoms with van der Waals surface area (Å²) < 4.78 is 1.91. The predicted octanol–water partition coefficient (Wildman–Crippen LogP) is 2.37. The van der Waals surface area contributed by atoms with E-state index in [1.807, 2.05) is 43.5 Å². The minimum absolute atomic E-state index is 0.0247. The second kappa shape index (κ2) is 5.44. The van der Waals surface area contributed by atoms with Crippen molar-refractivity contribution in [1.29, 1.82) is 0 Å². The van der Waals surface area contributed by atoms with Crippen LogP contribution >= 0.6 is 11.8 Å². The van der Waals surface area contributed by atoms with Crippen molar-refractivity contribution in [3.05, 3.63) is 35.2 Å². The fourth-order valence-corrected chi connectivity index (χ4v) is 2.68. The molecule has 0 aliphatic heterocycles. The van der Waals surface area contributed by atoms with Gasteiger partial charge in [-0.2, -0.15) is 0 Å². The van der Waals surface area contributed by atoms with Crippen molar-refractivity contribution in [1.82, 2.24) is 14.8 Å². The van der Waals surface area contributed by atoms with Crippen LogP contribution in [0.3, 0.4) is 0 Å². The molecule has 0 radical (unpaired) electrons. The Balaban J connectivity index is 2.49. The van der Waals surface area contributed by atoms with Gasteiger partial charge >= 0.3 is 5.97 Å². The van der Waals surface area contributed by atoms with E-state index in [-0.39, 0.29) is 5.75 Å². The van der Waals surface area contributed by atoms with E-state index in [4.69, 9.17) is 5.11 Å². The number of hydrogen-bond acceptors (Lipinski definition) is 4. The van der Waals surface area contributed by atoms with Crippen LogP contribution in [0.15, 0.2) is 23.4 Å². The Morgan fingerprint density at radius 2 is 1.89 bits per heavy atom. The molecule has 0 aliphatic rings. The molecule has 2 rings (SSSR count). The largest absolute Gasteiger partial charge is 0.481 e. The highest BCUT2D eigenvalue weighted by molar-refractivity contribution is 7.99. The average Bonchev–Trinajstić information content (AvgIpc) is 2.69. The van der Waals surface area contributed by atoms with Gasteiger partial charge in [0.25, 0.3) is 0 Å². The molecule has 0 aliphatic carbocycles. The standard InChI is InChI=1S/C13H15N3O2S/c1-8-5-4-6-9(2)12(8)16-10(3)14-15-13(16)19-7-11(17)18/h4-6H,7H2,1-3H3,(H,17,18). The molecule has 2 aromatic rings. The Kier molecular flexibility index (Phi) is 3.90. The van der Waals surface area contributed by atoms with Crippen LogP contribution in [0.25, 0.3) is 5.69 Å². The molecule has 1 N–H and O–H groups in total. The van der Waals surface area contributed by atoms with Gasteiger partial charge in [-0.3, -0.25) is 9.36 Å². The average molecular weight is 277 g/mol. The third kappa shape index (κ3) is 2.78. The van der Waals surface area contributed by atoms with E-state index in [0.29, 0.717) is 5.16 Å². The number of benzene rings is 1. The third-order valence-electron chi connectivity index (χ3n) is 2.78. The SMILES string of the molecule is Cc1cccc(C)c1-n1c(C)nnc1SCC(=O)O. The summed E-state index contributed by atoms with van der Waals surface area (Å²) in [6, 6.07) is 6.04. The molecule has 6 heteroatoms. The molecule has 0 bridgehead atoms. The molecule has 0 atom stereocenters. The Labute approximate surface area is 115 Å². The van der Waals surface area contributed by atoms with Gasteiger partial charge in [-0.1, -0.05) is 30.0 Å². The van der Waals surface area contributed by atoms with Gasteiger partial charge in [-0.15, -0.1) is 10.2 Å². The minimum atomic E-state index is -0.862. The van der Waals surface area contributed by atoms with E-state index in [1.54, 1.807) is 0 Å². The van der Waals surface area contributed by atoms with Crippen LogP contribution in [0.5, 0.6) is 0 Å². The van der Waals surface area contributed by atoms with E-state index in [2.05, 4.69) is 10.2 Å². The maximum atomic E-state index is 10.7. The van der Waals surface area contributed by atoms with E-state index >= 15 is 0 Å². The van der Waals surface area contributed by atoms with E-state index < -0.39 is 5.97 Å². The van der Waals surface area contributed by atoms with Gasteiger partial charge in [-0.05, 0) is 31.9 Å². The maximum Gasteiger partial charge on any atom is 0.313 e. The topological polar surface area (TPSA) is 68.0 Å². The molecule has 0 amide bonds. The van der Waals surface area contributed by atoms with Crippen LogP contribution in [-0.4, -0.2) is 31.6 Å². The summed E-state index contributed by atoms with van der Waals surface area (Å²) in [6.07, 6.45) is 0. The molecule has 1 aromatic carbocycles. The van der Waals surface area contributed by atoms with Crippen LogP contribution < -0.4 is 0 Å². The zero-order chi connectivity index (χ0) is 14.0. The van der Waals surface area contributed by atoms with Crippen LogP contribution in [0.2, 0.25) is 0 Å². The zero-order valence-corrected chi connectivity index (χ0v) is 11.9. The lowest BCUT2D eigenvalue weighted by Gasteiger charge is -2.13. The molecular formula is C13H15N3O2S. The number of para-hydroxylation sites is 1. The Bertz CT molecular complexity index is 602. The normalized spacial score (nSPS) is 10.7. The number of hydrogen-bond donors (Lipinski definition) is 1. The number of carboxylic acid groups (broad SMARTS) is 1. The number of carboxylic acids is 1. The smallest absolute Gasteiger partial charge is 0.313 e. The first-order chi connectivity index (χ1) is 9.00. The van der Waals surface area contributed by atoms with Crippen molar-refractivity contribution in [2.24, 2.45) is 0 Å². The molecule has 0 saturated heterocycles. The Morgan fingerprint density at radius 1 is 1.26 bits per heavy atom. The fraction of sp³-hybridized carbons (Fsp3) is 0.308. The van der Waals surface area contributed by atoms with Gasteiger partial charge in [0.15, 0.2) is 5.16 Å². The molecule has 0 fully saturated rings. The Morgan fingerprint density at radius 3 is 2.47 bits per heavy atom. The number of thioether (sulfide) groups is 1. The van der Waals surface area contributed by atoms with Gasteiger partial charge in [0.1, 0.15) is 5.82 Å². The molecule has 0 spiro atoms. The number of aromatic nitrogens is 3. The first-order valence-corrected chi connectivity index (χ1v) is 6.82. The summed E-state index contributed by atoms with van der Waals surface area (Å²) in [7, 11) is 0. The molecule has 0 unspecified atom stereocenters. The summed E-state index contributed by atoms with van der Waals surface area (Å²) in [6.45, 7) is 5.91. The highest BCUT2D eigenvalue weighted by Crippen LogP contribution is 2.26. The van der Waals surface area contributed by atoms with Crippen molar-refractivity contribution < 1.29 is 9.90 Å². The fourth-order valence-electron chi connectivity index (χ4n) is 1.98. The number of carbonyl (C=O) groups is 1. The number of nitrogens with zero attached hydrogens (tertiary/aromatic N) is 3. The maximum absolute atomic E-state index is 10.7. The predicted molar refractivity (Wildman–Crippen MR) is 73.9 cm³/mol. The molecule has 100 valence electrons. The van der Waals surface area contributed by atoms with Gasteiger partial charge in [0, 0.05) is 0 Å². The van der Waals surface area contributed by atoms with E-state index in [9.17, 15) is 4.79 Å². The second-order valence-electron chi connectivity index (χ2n) is 4.29. The van der Waals surface area contributed by atoms with Gasteiger partial charge in [0.05, 0.1) is 11.4 Å². The van der Waals surface area contributed by atoms with E-state index in [0.717, 1.165) is 22.6 Å². The minimum Gasteiger partial charge on any atom is -0.481 e. The molecule has 1 heterocycles. The molecule has 0 saturated carbocycles. The third-order valence-corrected chi connectivity index (χ3v) is 3.70. The van der Waals surface area contributed by atoms with Crippen molar-refractivity contribution in [3.8, 4) is 5.69 Å². The number of aryl methyl sites for hydroxylation is 3. The highest BCUT2D eigenvalue weighted by atomic mass is 32.2. The van der Waals surface area contributed by atoms with Gasteiger partial charge in [-0.25, -0.2) is 0 Å². The van der Waals surface area contributed by atoms with Crippen molar-refractivity contribution in [2.75, 3.05) is 5.75 Å². The van der Waals surface area contributed by atoms with Crippen molar-refractivity contribution >= 4 is 17.7 Å². The first-order valence-electron chi connectivity index (χ1n) is 5.84. The highest BCUT2D eigenvalue weighted by Gasteiger charge is 2.15. The molecular weight excluding hydrogens is 262 g/mol. The number of aliphatic carboxylic acids is 1. The van der Waals surface area contributed by atoms with Crippen LogP contribution in [0.4, 0.5) is 0 Å². The first kappa shape index (κ1) is 13.6. The summed E-state index contributed by atoms with van der Waals surface area (Å²) in [5.74, 6) is -0.132. The summed E-state index contributed by atoms with van der Waals surface area (Å²) >= 11 is 1.18.